The second-order valence-electron chi connectivity index (χ2n) is 6.19. The van der Waals surface area contributed by atoms with Crippen molar-refractivity contribution >= 4 is 11.9 Å². The third-order valence-corrected chi connectivity index (χ3v) is 4.57. The molecule has 2 aliphatic rings. The third-order valence-electron chi connectivity index (χ3n) is 4.57. The fourth-order valence-corrected chi connectivity index (χ4v) is 3.28. The molecule has 2 fully saturated rings. The molecule has 0 radical (unpaired) electrons. The van der Waals surface area contributed by atoms with E-state index >= 15 is 0 Å². The van der Waals surface area contributed by atoms with Crippen LogP contribution in [0.1, 0.15) is 45.4 Å². The number of nitrogens with zero attached hydrogens (tertiary/aromatic N) is 2. The Morgan fingerprint density at radius 3 is 2.35 bits per heavy atom. The number of carboxylic acid groups (broad SMARTS) is 1. The first-order valence-electron chi connectivity index (χ1n) is 7.82. The van der Waals surface area contributed by atoms with Crippen molar-refractivity contribution in [3.05, 3.63) is 0 Å². The minimum absolute atomic E-state index is 0.173. The molecule has 1 unspecified atom stereocenters. The first-order chi connectivity index (χ1) is 9.58. The highest BCUT2D eigenvalue weighted by Crippen LogP contribution is 2.24. The van der Waals surface area contributed by atoms with E-state index in [1.54, 1.807) is 6.92 Å². The van der Waals surface area contributed by atoms with Crippen molar-refractivity contribution < 1.29 is 14.7 Å². The average molecular weight is 282 g/mol. The van der Waals surface area contributed by atoms with Crippen molar-refractivity contribution in [2.75, 3.05) is 26.2 Å². The van der Waals surface area contributed by atoms with Crippen molar-refractivity contribution in [1.82, 2.24) is 9.80 Å². The number of carbonyl (C=O) groups excluding carboxylic acids is 1. The zero-order chi connectivity index (χ0) is 14.5. The number of carbonyl (C=O) groups is 2. The molecule has 1 heterocycles. The molecule has 1 saturated heterocycles. The number of amides is 1. The molecular formula is C15H26N2O3. The molecule has 5 heteroatoms. The molecule has 114 valence electrons. The van der Waals surface area contributed by atoms with Gasteiger partial charge in [0.15, 0.2) is 0 Å². The van der Waals surface area contributed by atoms with Crippen LogP contribution in [0.3, 0.4) is 0 Å². The number of hydrogen-bond donors (Lipinski definition) is 1. The Kier molecular flexibility index (Phi) is 5.40. The molecule has 1 aliphatic carbocycles. The quantitative estimate of drug-likeness (QED) is 0.803. The maximum Gasteiger partial charge on any atom is 0.307 e. The zero-order valence-electron chi connectivity index (χ0n) is 12.4. The lowest BCUT2D eigenvalue weighted by molar-refractivity contribution is -0.143. The molecule has 0 bridgehead atoms. The van der Waals surface area contributed by atoms with Crippen molar-refractivity contribution in [3.8, 4) is 0 Å². The van der Waals surface area contributed by atoms with Crippen molar-refractivity contribution in [3.63, 3.8) is 0 Å². The third kappa shape index (κ3) is 3.95. The van der Waals surface area contributed by atoms with Gasteiger partial charge in [-0.25, -0.2) is 0 Å². The summed E-state index contributed by atoms with van der Waals surface area (Å²) < 4.78 is 0. The molecule has 0 aromatic carbocycles. The Morgan fingerprint density at radius 1 is 1.20 bits per heavy atom. The van der Waals surface area contributed by atoms with Crippen LogP contribution in [0.4, 0.5) is 0 Å². The smallest absolute Gasteiger partial charge is 0.307 e. The van der Waals surface area contributed by atoms with Crippen molar-refractivity contribution in [2.45, 2.75) is 51.5 Å². The summed E-state index contributed by atoms with van der Waals surface area (Å²) in [5, 5.41) is 9.10. The summed E-state index contributed by atoms with van der Waals surface area (Å²) in [5.41, 5.74) is 0. The second-order valence-corrected chi connectivity index (χ2v) is 6.19. The van der Waals surface area contributed by atoms with Gasteiger partial charge in [0.2, 0.25) is 5.91 Å². The van der Waals surface area contributed by atoms with E-state index < -0.39 is 11.9 Å². The number of aliphatic carboxylic acids is 1. The van der Waals surface area contributed by atoms with E-state index in [1.807, 2.05) is 4.90 Å². The standard InChI is InChI=1S/C15H26N2O3/c1-12(15(19)20)10-17(13-6-2-3-7-13)11-14(18)16-8-4-5-9-16/h12-13H,2-11H2,1H3,(H,19,20). The van der Waals surface area contributed by atoms with Crippen molar-refractivity contribution in [2.24, 2.45) is 5.92 Å². The summed E-state index contributed by atoms with van der Waals surface area (Å²) in [6.07, 6.45) is 6.78. The Morgan fingerprint density at radius 2 is 1.80 bits per heavy atom. The minimum atomic E-state index is -0.776. The van der Waals surface area contributed by atoms with Gasteiger partial charge < -0.3 is 10.0 Å². The van der Waals surface area contributed by atoms with Crippen LogP contribution in [-0.4, -0.2) is 59.0 Å². The first-order valence-corrected chi connectivity index (χ1v) is 7.82. The lowest BCUT2D eigenvalue weighted by atomic mass is 10.1. The highest BCUT2D eigenvalue weighted by atomic mass is 16.4. The lowest BCUT2D eigenvalue weighted by Gasteiger charge is -2.31. The van der Waals surface area contributed by atoms with Crippen LogP contribution in [0.25, 0.3) is 0 Å². The van der Waals surface area contributed by atoms with Gasteiger partial charge in [0.1, 0.15) is 0 Å². The zero-order valence-corrected chi connectivity index (χ0v) is 12.4. The Balaban J connectivity index is 1.94. The van der Waals surface area contributed by atoms with Crippen LogP contribution in [0.2, 0.25) is 0 Å². The number of rotatable bonds is 6. The van der Waals surface area contributed by atoms with E-state index in [0.29, 0.717) is 19.1 Å². The van der Waals surface area contributed by atoms with Crippen LogP contribution in [0.15, 0.2) is 0 Å². The highest BCUT2D eigenvalue weighted by molar-refractivity contribution is 5.78. The Labute approximate surface area is 120 Å². The number of likely N-dealkylation sites (tertiary alicyclic amines) is 1. The Hall–Kier alpha value is -1.10. The number of hydrogen-bond acceptors (Lipinski definition) is 3. The Bertz CT molecular complexity index is 347. The SMILES string of the molecule is CC(CN(CC(=O)N1CCCC1)C1CCCC1)C(=O)O. The highest BCUT2D eigenvalue weighted by Gasteiger charge is 2.29. The molecule has 1 saturated carbocycles. The summed E-state index contributed by atoms with van der Waals surface area (Å²) in [4.78, 5) is 27.4. The topological polar surface area (TPSA) is 60.9 Å². The summed E-state index contributed by atoms with van der Waals surface area (Å²) >= 11 is 0. The lowest BCUT2D eigenvalue weighted by Crippen LogP contribution is -2.45. The van der Waals surface area contributed by atoms with Gasteiger partial charge in [0.05, 0.1) is 12.5 Å². The van der Waals surface area contributed by atoms with E-state index in [-0.39, 0.29) is 5.91 Å². The summed E-state index contributed by atoms with van der Waals surface area (Å²) in [6.45, 7) is 4.34. The molecule has 1 atom stereocenters. The summed E-state index contributed by atoms with van der Waals surface area (Å²) in [7, 11) is 0. The summed E-state index contributed by atoms with van der Waals surface area (Å²) in [5.74, 6) is -1.02. The molecule has 0 aromatic rings. The number of carboxylic acids is 1. The van der Waals surface area contributed by atoms with Crippen LogP contribution < -0.4 is 0 Å². The molecule has 5 nitrogen and oxygen atoms in total. The minimum Gasteiger partial charge on any atom is -0.481 e. The molecule has 20 heavy (non-hydrogen) atoms. The fourth-order valence-electron chi connectivity index (χ4n) is 3.28. The van der Waals surface area contributed by atoms with E-state index in [1.165, 1.54) is 12.8 Å². The maximum absolute atomic E-state index is 12.3. The molecule has 1 N–H and O–H groups in total. The molecular weight excluding hydrogens is 256 g/mol. The van der Waals surface area contributed by atoms with Crippen LogP contribution in [0.5, 0.6) is 0 Å². The monoisotopic (exact) mass is 282 g/mol. The largest absolute Gasteiger partial charge is 0.481 e. The van der Waals surface area contributed by atoms with Crippen LogP contribution in [-0.2, 0) is 9.59 Å². The van der Waals surface area contributed by atoms with E-state index in [2.05, 4.69) is 4.90 Å². The summed E-state index contributed by atoms with van der Waals surface area (Å²) in [6, 6.07) is 0.392. The van der Waals surface area contributed by atoms with Gasteiger partial charge in [-0.2, -0.15) is 0 Å². The molecule has 0 spiro atoms. The molecule has 2 rings (SSSR count). The van der Waals surface area contributed by atoms with Crippen LogP contribution >= 0.6 is 0 Å². The predicted octanol–water partition coefficient (Wildman–Crippen LogP) is 1.57. The van der Waals surface area contributed by atoms with Crippen LogP contribution in [0, 0.1) is 5.92 Å². The second kappa shape index (κ2) is 7.07. The molecule has 1 amide bonds. The van der Waals surface area contributed by atoms with Gasteiger partial charge in [-0.15, -0.1) is 0 Å². The van der Waals surface area contributed by atoms with Gasteiger partial charge >= 0.3 is 5.97 Å². The first kappa shape index (κ1) is 15.3. The van der Waals surface area contributed by atoms with Crippen molar-refractivity contribution in [1.29, 1.82) is 0 Å². The van der Waals surface area contributed by atoms with Gasteiger partial charge in [-0.05, 0) is 25.7 Å². The van der Waals surface area contributed by atoms with Gasteiger partial charge in [-0.3, -0.25) is 14.5 Å². The normalized spacial score (nSPS) is 21.6. The van der Waals surface area contributed by atoms with Gasteiger partial charge in [-0.1, -0.05) is 19.8 Å². The maximum atomic E-state index is 12.3. The van der Waals surface area contributed by atoms with E-state index in [9.17, 15) is 9.59 Å². The fraction of sp³-hybridized carbons (Fsp3) is 0.867. The van der Waals surface area contributed by atoms with E-state index in [4.69, 9.17) is 5.11 Å². The van der Waals surface area contributed by atoms with Gasteiger partial charge in [0.25, 0.3) is 0 Å². The molecule has 0 aromatic heterocycles. The predicted molar refractivity (Wildman–Crippen MR) is 76.4 cm³/mol. The van der Waals surface area contributed by atoms with Gasteiger partial charge in [0, 0.05) is 25.7 Å². The molecule has 1 aliphatic heterocycles. The average Bonchev–Trinajstić information content (AvgIpc) is 3.10. The van der Waals surface area contributed by atoms with E-state index in [0.717, 1.165) is 38.8 Å².